The molecule has 1 amide bonds. The summed E-state index contributed by atoms with van der Waals surface area (Å²) in [7, 11) is 5.34. The molecule has 4 nitrogen and oxygen atoms in total. The number of hydrogen-bond donors (Lipinski definition) is 2. The molecule has 17 heavy (non-hydrogen) atoms. The van der Waals surface area contributed by atoms with Gasteiger partial charge in [-0.1, -0.05) is 0 Å². The first-order valence-electron chi connectivity index (χ1n) is 5.54. The van der Waals surface area contributed by atoms with Gasteiger partial charge in [0.05, 0.1) is 7.11 Å². The third kappa shape index (κ3) is 4.36. The molecular weight excluding hydrogens is 236 g/mol. The highest BCUT2D eigenvalue weighted by atomic mass is 32.1. The highest BCUT2D eigenvalue weighted by Crippen LogP contribution is 2.33. The number of rotatable bonds is 3. The van der Waals surface area contributed by atoms with Crippen LogP contribution in [0.4, 0.5) is 0 Å². The van der Waals surface area contributed by atoms with Gasteiger partial charge in [0.2, 0.25) is 0 Å². The second-order valence-corrected chi connectivity index (χ2v) is 4.73. The second kappa shape index (κ2) is 8.08. The van der Waals surface area contributed by atoms with Crippen LogP contribution in [0, 0.1) is 13.8 Å². The molecule has 1 heterocycles. The van der Waals surface area contributed by atoms with E-state index in [0.717, 1.165) is 10.4 Å². The van der Waals surface area contributed by atoms with Gasteiger partial charge in [0, 0.05) is 17.0 Å². The summed E-state index contributed by atoms with van der Waals surface area (Å²) in [6.07, 6.45) is 0. The molecule has 1 rings (SSSR count). The van der Waals surface area contributed by atoms with E-state index in [2.05, 4.69) is 10.6 Å². The highest BCUT2D eigenvalue weighted by Gasteiger charge is 2.18. The number of thiophene rings is 1. The fraction of sp³-hybridized carbons (Fsp3) is 0.583. The van der Waals surface area contributed by atoms with Gasteiger partial charge in [-0.15, -0.1) is 11.3 Å². The first-order valence-corrected chi connectivity index (χ1v) is 6.35. The van der Waals surface area contributed by atoms with E-state index >= 15 is 0 Å². The Morgan fingerprint density at radius 2 is 1.88 bits per heavy atom. The molecule has 0 aromatic carbocycles. The number of nitrogens with one attached hydrogen (secondary N) is 2. The summed E-state index contributed by atoms with van der Waals surface area (Å²) in [5.41, 5.74) is 1.05. The number of aryl methyl sites for hydroxylation is 1. The van der Waals surface area contributed by atoms with Crippen molar-refractivity contribution in [3.63, 3.8) is 0 Å². The Labute approximate surface area is 107 Å². The molecule has 0 atom stereocenters. The van der Waals surface area contributed by atoms with Crippen molar-refractivity contribution < 1.29 is 9.53 Å². The van der Waals surface area contributed by atoms with E-state index in [4.69, 9.17) is 4.74 Å². The predicted octanol–water partition coefficient (Wildman–Crippen LogP) is 1.96. The maximum absolute atomic E-state index is 11.6. The molecule has 0 fully saturated rings. The van der Waals surface area contributed by atoms with Crippen LogP contribution in [-0.2, 0) is 0 Å². The van der Waals surface area contributed by atoms with E-state index in [1.54, 1.807) is 7.11 Å². The van der Waals surface area contributed by atoms with Crippen LogP contribution < -0.4 is 15.4 Å². The summed E-state index contributed by atoms with van der Waals surface area (Å²) in [6, 6.07) is 0. The van der Waals surface area contributed by atoms with Gasteiger partial charge in [0.25, 0.3) is 5.91 Å². The minimum atomic E-state index is -0.0504. The largest absolute Gasteiger partial charge is 0.495 e. The summed E-state index contributed by atoms with van der Waals surface area (Å²) in [6.45, 7) is 6.49. The van der Waals surface area contributed by atoms with E-state index in [-0.39, 0.29) is 5.91 Å². The van der Waals surface area contributed by atoms with E-state index in [1.165, 1.54) is 11.3 Å². The lowest BCUT2D eigenvalue weighted by molar-refractivity contribution is 0.0957. The second-order valence-electron chi connectivity index (χ2n) is 3.51. The summed E-state index contributed by atoms with van der Waals surface area (Å²) in [5, 5.41) is 5.52. The normalized spacial score (nSPS) is 9.29. The molecule has 98 valence electrons. The van der Waals surface area contributed by atoms with Crippen molar-refractivity contribution in [1.29, 1.82) is 0 Å². The molecule has 2 N–H and O–H groups in total. The Hall–Kier alpha value is -1.07. The van der Waals surface area contributed by atoms with Crippen LogP contribution in [0.25, 0.3) is 0 Å². The van der Waals surface area contributed by atoms with Crippen molar-refractivity contribution in [2.24, 2.45) is 0 Å². The van der Waals surface area contributed by atoms with Crippen molar-refractivity contribution in [3.8, 4) is 5.75 Å². The van der Waals surface area contributed by atoms with E-state index < -0.39 is 0 Å². The van der Waals surface area contributed by atoms with Crippen LogP contribution in [-0.4, -0.2) is 33.7 Å². The minimum Gasteiger partial charge on any atom is -0.495 e. The van der Waals surface area contributed by atoms with Gasteiger partial charge in [-0.25, -0.2) is 0 Å². The van der Waals surface area contributed by atoms with Crippen LogP contribution in [0.1, 0.15) is 27.0 Å². The van der Waals surface area contributed by atoms with Gasteiger partial charge in [-0.3, -0.25) is 4.79 Å². The Balaban J connectivity index is 0.000000770. The molecule has 5 heteroatoms. The molecule has 0 spiro atoms. The minimum absolute atomic E-state index is 0.0504. The van der Waals surface area contributed by atoms with Crippen molar-refractivity contribution in [2.75, 3.05) is 27.7 Å². The molecule has 1 aromatic heterocycles. The van der Waals surface area contributed by atoms with E-state index in [1.807, 2.05) is 34.9 Å². The van der Waals surface area contributed by atoms with Gasteiger partial charge < -0.3 is 15.4 Å². The Bertz CT molecular complexity index is 362. The van der Waals surface area contributed by atoms with Crippen molar-refractivity contribution in [2.45, 2.75) is 20.8 Å². The molecular formula is C12H22N2O2S. The monoisotopic (exact) mass is 258 g/mol. The Morgan fingerprint density at radius 1 is 1.35 bits per heavy atom. The van der Waals surface area contributed by atoms with Crippen LogP contribution >= 0.6 is 11.3 Å². The smallest absolute Gasteiger partial charge is 0.265 e. The summed E-state index contributed by atoms with van der Waals surface area (Å²) in [5.74, 6) is 0.656. The first-order chi connectivity index (χ1) is 8.03. The highest BCUT2D eigenvalue weighted by molar-refractivity contribution is 7.14. The lowest BCUT2D eigenvalue weighted by Crippen LogP contribution is -2.22. The molecule has 0 unspecified atom stereocenters. The molecule has 0 bridgehead atoms. The zero-order chi connectivity index (χ0) is 13.4. The van der Waals surface area contributed by atoms with Gasteiger partial charge in [-0.2, -0.15) is 0 Å². The number of methoxy groups -OCH3 is 1. The summed E-state index contributed by atoms with van der Waals surface area (Å²) < 4.78 is 5.21. The lowest BCUT2D eigenvalue weighted by atomic mass is 10.2. The standard InChI is InChI=1S/C10H15NO2S.C2H7N/c1-5-11-10(12)9-8(13-4)6(2)7(3)14-9;1-3-2/h5H2,1-4H3,(H,11,12);3H,1-2H3. The summed E-state index contributed by atoms with van der Waals surface area (Å²) in [4.78, 5) is 13.4. The predicted molar refractivity (Wildman–Crippen MR) is 73.3 cm³/mol. The maximum Gasteiger partial charge on any atom is 0.265 e. The topological polar surface area (TPSA) is 50.4 Å². The average Bonchev–Trinajstić information content (AvgIpc) is 2.57. The van der Waals surface area contributed by atoms with Gasteiger partial charge in [-0.05, 0) is 34.9 Å². The van der Waals surface area contributed by atoms with Crippen LogP contribution in [0.5, 0.6) is 5.75 Å². The van der Waals surface area contributed by atoms with E-state index in [0.29, 0.717) is 17.2 Å². The average molecular weight is 258 g/mol. The summed E-state index contributed by atoms with van der Waals surface area (Å²) >= 11 is 1.48. The molecule has 0 saturated carbocycles. The fourth-order valence-electron chi connectivity index (χ4n) is 1.24. The van der Waals surface area contributed by atoms with Crippen molar-refractivity contribution in [3.05, 3.63) is 15.3 Å². The Morgan fingerprint density at radius 3 is 2.29 bits per heavy atom. The van der Waals surface area contributed by atoms with Crippen LogP contribution in [0.3, 0.4) is 0 Å². The van der Waals surface area contributed by atoms with Gasteiger partial charge in [0.1, 0.15) is 10.6 Å². The quantitative estimate of drug-likeness (QED) is 0.871. The fourth-order valence-corrected chi connectivity index (χ4v) is 2.29. The molecule has 0 aliphatic heterocycles. The van der Waals surface area contributed by atoms with Gasteiger partial charge in [0.15, 0.2) is 0 Å². The zero-order valence-electron chi connectivity index (χ0n) is 11.4. The molecule has 0 radical (unpaired) electrons. The van der Waals surface area contributed by atoms with Crippen LogP contribution in [0.2, 0.25) is 0 Å². The number of hydrogen-bond acceptors (Lipinski definition) is 4. The SMILES string of the molecule is CCNC(=O)c1sc(C)c(C)c1OC.CNC. The van der Waals surface area contributed by atoms with Gasteiger partial charge >= 0.3 is 0 Å². The maximum atomic E-state index is 11.6. The van der Waals surface area contributed by atoms with Crippen LogP contribution in [0.15, 0.2) is 0 Å². The zero-order valence-corrected chi connectivity index (χ0v) is 12.2. The first kappa shape index (κ1) is 15.9. The third-order valence-electron chi connectivity index (χ3n) is 2.08. The van der Waals surface area contributed by atoms with Crippen molar-refractivity contribution in [1.82, 2.24) is 10.6 Å². The number of ether oxygens (including phenoxy) is 1. The lowest BCUT2D eigenvalue weighted by Gasteiger charge is -2.03. The third-order valence-corrected chi connectivity index (χ3v) is 3.27. The molecule has 1 aromatic rings. The molecule has 0 aliphatic carbocycles. The Kier molecular flexibility index (Phi) is 7.58. The number of amides is 1. The number of carbonyl (C=O) groups excluding carboxylic acids is 1. The van der Waals surface area contributed by atoms with E-state index in [9.17, 15) is 4.79 Å². The number of carbonyl (C=O) groups is 1. The molecule has 0 aliphatic rings. The molecule has 0 saturated heterocycles. The van der Waals surface area contributed by atoms with Crippen molar-refractivity contribution >= 4 is 17.2 Å².